The third-order valence-electron chi connectivity index (χ3n) is 9.14. The van der Waals surface area contributed by atoms with Crippen LogP contribution in [0.15, 0.2) is 0 Å². The molecule has 4 fully saturated rings. The number of rotatable bonds is 4. The van der Waals surface area contributed by atoms with Crippen LogP contribution in [-0.4, -0.2) is 42.5 Å². The molecule has 0 aromatic carbocycles. The number of ketones is 1. The summed E-state index contributed by atoms with van der Waals surface area (Å²) in [6.07, 6.45) is 5.80. The minimum Gasteiger partial charge on any atom is -0.465 e. The summed E-state index contributed by atoms with van der Waals surface area (Å²) >= 11 is 0. The summed E-state index contributed by atoms with van der Waals surface area (Å²) in [5.74, 6) is -0.150. The average Bonchev–Trinajstić information content (AvgIpc) is 3.05. The van der Waals surface area contributed by atoms with Crippen molar-refractivity contribution in [3.8, 4) is 0 Å². The predicted octanol–water partition coefficient (Wildman–Crippen LogP) is 3.61. The second-order valence-electron chi connectivity index (χ2n) is 11.0. The summed E-state index contributed by atoms with van der Waals surface area (Å²) in [6.45, 7) is 6.88. The van der Waals surface area contributed by atoms with E-state index in [1.165, 1.54) is 20.8 Å². The topological polar surface area (TPSA) is 96.0 Å². The molecule has 8 atom stereocenters. The van der Waals surface area contributed by atoms with Crippen molar-refractivity contribution in [3.63, 3.8) is 0 Å². The van der Waals surface area contributed by atoms with Crippen LogP contribution in [0.3, 0.4) is 0 Å². The van der Waals surface area contributed by atoms with Crippen molar-refractivity contribution in [1.82, 2.24) is 0 Å². The van der Waals surface area contributed by atoms with E-state index in [0.717, 1.165) is 32.1 Å². The van der Waals surface area contributed by atoms with Crippen LogP contribution in [0.1, 0.15) is 79.1 Å². The molecule has 4 saturated carbocycles. The Morgan fingerprint density at radius 1 is 0.906 bits per heavy atom. The van der Waals surface area contributed by atoms with Gasteiger partial charge in [-0.15, -0.1) is 0 Å². The molecular weight excluding hydrogens is 412 g/mol. The molecule has 0 amide bonds. The summed E-state index contributed by atoms with van der Waals surface area (Å²) in [6, 6.07) is 0. The van der Waals surface area contributed by atoms with Crippen molar-refractivity contribution in [3.05, 3.63) is 0 Å². The monoisotopic (exact) mass is 448 g/mol. The molecule has 32 heavy (non-hydrogen) atoms. The van der Waals surface area contributed by atoms with E-state index in [2.05, 4.69) is 6.92 Å². The standard InChI is InChI=1S/C25H36O7/c1-14(26)30-13-25-8-6-20-23(21(25)11-19(12-25)32-16(3)28)22(29)10-17-9-18(31-15(2)27)5-7-24(17,20)4/h17-21,23H,5-13H2,1-4H3. The van der Waals surface area contributed by atoms with Crippen LogP contribution < -0.4 is 0 Å². The first kappa shape index (κ1) is 23.2. The van der Waals surface area contributed by atoms with Gasteiger partial charge in [0.05, 0.1) is 6.61 Å². The van der Waals surface area contributed by atoms with Gasteiger partial charge in [0.2, 0.25) is 0 Å². The molecular formula is C25H36O7. The zero-order valence-electron chi connectivity index (χ0n) is 19.7. The Balaban J connectivity index is 1.60. The third kappa shape index (κ3) is 4.08. The molecule has 0 spiro atoms. The number of fused-ring (bicyclic) bond motifs is 5. The second kappa shape index (κ2) is 8.45. The van der Waals surface area contributed by atoms with Gasteiger partial charge in [0.15, 0.2) is 0 Å². The summed E-state index contributed by atoms with van der Waals surface area (Å²) in [5.41, 5.74) is -0.275. The Hall–Kier alpha value is -1.92. The number of Topliss-reactive ketones (excluding diaryl/α,β-unsaturated/α-hetero) is 1. The maximum absolute atomic E-state index is 13.6. The van der Waals surface area contributed by atoms with Gasteiger partial charge < -0.3 is 14.2 Å². The van der Waals surface area contributed by atoms with Gasteiger partial charge in [-0.05, 0) is 68.1 Å². The van der Waals surface area contributed by atoms with Gasteiger partial charge in [0, 0.05) is 38.5 Å². The average molecular weight is 449 g/mol. The van der Waals surface area contributed by atoms with Crippen LogP contribution in [0, 0.1) is 34.5 Å². The number of hydrogen-bond donors (Lipinski definition) is 0. The fourth-order valence-electron chi connectivity index (χ4n) is 7.84. The fourth-order valence-corrected chi connectivity index (χ4v) is 7.84. The molecule has 0 radical (unpaired) electrons. The molecule has 7 nitrogen and oxygen atoms in total. The summed E-state index contributed by atoms with van der Waals surface area (Å²) in [4.78, 5) is 48.3. The summed E-state index contributed by atoms with van der Waals surface area (Å²) in [7, 11) is 0. The van der Waals surface area contributed by atoms with Crippen molar-refractivity contribution in [2.24, 2.45) is 34.5 Å². The molecule has 0 saturated heterocycles. The lowest BCUT2D eigenvalue weighted by Gasteiger charge is -2.59. The Kier molecular flexibility index (Phi) is 6.14. The van der Waals surface area contributed by atoms with Crippen LogP contribution in [0.25, 0.3) is 0 Å². The number of ether oxygens (including phenoxy) is 3. The first-order chi connectivity index (χ1) is 15.0. The van der Waals surface area contributed by atoms with E-state index in [1.54, 1.807) is 0 Å². The van der Waals surface area contributed by atoms with Crippen LogP contribution in [0.5, 0.6) is 0 Å². The smallest absolute Gasteiger partial charge is 0.302 e. The molecule has 0 aliphatic heterocycles. The van der Waals surface area contributed by atoms with Gasteiger partial charge in [-0.25, -0.2) is 0 Å². The SMILES string of the molecule is CC(=O)OCC12CCC3C(C(=O)CC4CC(OC(C)=O)CCC43C)C1CC(OC(C)=O)C2. The van der Waals surface area contributed by atoms with Crippen molar-refractivity contribution >= 4 is 23.7 Å². The third-order valence-corrected chi connectivity index (χ3v) is 9.14. The van der Waals surface area contributed by atoms with Crippen molar-refractivity contribution < 1.29 is 33.4 Å². The number of hydrogen-bond acceptors (Lipinski definition) is 7. The van der Waals surface area contributed by atoms with Crippen LogP contribution in [0.2, 0.25) is 0 Å². The van der Waals surface area contributed by atoms with Crippen LogP contribution in [0.4, 0.5) is 0 Å². The molecule has 0 aromatic heterocycles. The zero-order valence-corrected chi connectivity index (χ0v) is 19.7. The molecule has 7 heteroatoms. The van der Waals surface area contributed by atoms with E-state index in [4.69, 9.17) is 14.2 Å². The molecule has 4 rings (SSSR count). The molecule has 4 aliphatic rings. The molecule has 0 N–H and O–H groups in total. The van der Waals surface area contributed by atoms with Gasteiger partial charge in [0.1, 0.15) is 18.0 Å². The number of carbonyl (C=O) groups is 4. The van der Waals surface area contributed by atoms with E-state index in [1.807, 2.05) is 0 Å². The molecule has 178 valence electrons. The van der Waals surface area contributed by atoms with E-state index < -0.39 is 0 Å². The Morgan fingerprint density at radius 2 is 1.59 bits per heavy atom. The minimum absolute atomic E-state index is 0.0301. The lowest BCUT2D eigenvalue weighted by molar-refractivity contribution is -0.171. The normalized spacial score (nSPS) is 42.8. The second-order valence-corrected chi connectivity index (χ2v) is 11.0. The predicted molar refractivity (Wildman–Crippen MR) is 114 cm³/mol. The Bertz CT molecular complexity index is 806. The highest BCUT2D eigenvalue weighted by Crippen LogP contribution is 2.65. The highest BCUT2D eigenvalue weighted by molar-refractivity contribution is 5.83. The van der Waals surface area contributed by atoms with Crippen molar-refractivity contribution in [1.29, 1.82) is 0 Å². The molecule has 0 aromatic rings. The quantitative estimate of drug-likeness (QED) is 0.479. The maximum Gasteiger partial charge on any atom is 0.302 e. The first-order valence-corrected chi connectivity index (χ1v) is 12.0. The first-order valence-electron chi connectivity index (χ1n) is 12.0. The van der Waals surface area contributed by atoms with E-state index >= 15 is 0 Å². The molecule has 8 unspecified atom stereocenters. The lowest BCUT2D eigenvalue weighted by atomic mass is 9.45. The van der Waals surface area contributed by atoms with Gasteiger partial charge in [-0.3, -0.25) is 19.2 Å². The van der Waals surface area contributed by atoms with Gasteiger partial charge in [-0.1, -0.05) is 6.92 Å². The molecule has 0 bridgehead atoms. The van der Waals surface area contributed by atoms with Gasteiger partial charge in [-0.2, -0.15) is 0 Å². The van der Waals surface area contributed by atoms with E-state index in [0.29, 0.717) is 19.3 Å². The highest BCUT2D eigenvalue weighted by atomic mass is 16.5. The number of carbonyl (C=O) groups excluding carboxylic acids is 4. The van der Waals surface area contributed by atoms with Crippen molar-refractivity contribution in [2.75, 3.05) is 6.61 Å². The lowest BCUT2D eigenvalue weighted by Crippen LogP contribution is -2.57. The largest absolute Gasteiger partial charge is 0.465 e. The summed E-state index contributed by atoms with van der Waals surface area (Å²) < 4.78 is 16.6. The van der Waals surface area contributed by atoms with Crippen LogP contribution >= 0.6 is 0 Å². The Labute approximate surface area is 189 Å². The molecule has 4 aliphatic carbocycles. The van der Waals surface area contributed by atoms with Crippen LogP contribution in [-0.2, 0) is 33.4 Å². The minimum atomic E-state index is -0.318. The zero-order chi connectivity index (χ0) is 23.3. The van der Waals surface area contributed by atoms with Gasteiger partial charge in [0.25, 0.3) is 0 Å². The summed E-state index contributed by atoms with van der Waals surface area (Å²) in [5, 5.41) is 0. The fraction of sp³-hybridized carbons (Fsp3) is 0.840. The molecule has 0 heterocycles. The van der Waals surface area contributed by atoms with Crippen molar-refractivity contribution in [2.45, 2.75) is 91.3 Å². The highest BCUT2D eigenvalue weighted by Gasteiger charge is 2.64. The van der Waals surface area contributed by atoms with E-state index in [9.17, 15) is 19.2 Å². The van der Waals surface area contributed by atoms with Gasteiger partial charge >= 0.3 is 17.9 Å². The van der Waals surface area contributed by atoms with E-state index in [-0.39, 0.29) is 77.0 Å². The maximum atomic E-state index is 13.6. The Morgan fingerprint density at radius 3 is 2.25 bits per heavy atom. The number of esters is 3.